The van der Waals surface area contributed by atoms with Gasteiger partial charge >= 0.3 is 0 Å². The van der Waals surface area contributed by atoms with Crippen molar-refractivity contribution in [1.82, 2.24) is 0 Å². The molecule has 2 fully saturated rings. The van der Waals surface area contributed by atoms with Gasteiger partial charge in [0, 0.05) is 5.56 Å². The van der Waals surface area contributed by atoms with Gasteiger partial charge in [0.25, 0.3) is 0 Å². The Morgan fingerprint density at radius 3 is 1.80 bits per heavy atom. The van der Waals surface area contributed by atoms with Gasteiger partial charge in [-0.2, -0.15) is 0 Å². The first-order chi connectivity index (χ1) is 14.5. The van der Waals surface area contributed by atoms with Crippen LogP contribution in [0.4, 0.5) is 17.6 Å². The van der Waals surface area contributed by atoms with Crippen LogP contribution in [0.5, 0.6) is 0 Å². The Morgan fingerprint density at radius 1 is 0.700 bits per heavy atom. The number of hydrogen-bond donors (Lipinski definition) is 0. The van der Waals surface area contributed by atoms with Crippen molar-refractivity contribution in [3.8, 4) is 11.1 Å². The molecule has 0 spiro atoms. The summed E-state index contributed by atoms with van der Waals surface area (Å²) >= 11 is 0. The highest BCUT2D eigenvalue weighted by Crippen LogP contribution is 2.44. The lowest BCUT2D eigenvalue weighted by Crippen LogP contribution is -2.25. The first-order valence-corrected chi connectivity index (χ1v) is 11.4. The van der Waals surface area contributed by atoms with Crippen molar-refractivity contribution in [2.45, 2.75) is 70.6 Å². The van der Waals surface area contributed by atoms with Crippen LogP contribution in [0.2, 0.25) is 0 Å². The molecule has 0 amide bonds. The summed E-state index contributed by atoms with van der Waals surface area (Å²) in [6.07, 6.45) is 11.3. The molecule has 0 nitrogen and oxygen atoms in total. The van der Waals surface area contributed by atoms with Crippen LogP contribution < -0.4 is 0 Å². The van der Waals surface area contributed by atoms with Gasteiger partial charge in [-0.3, -0.25) is 0 Å². The van der Waals surface area contributed by atoms with Crippen LogP contribution in [-0.2, 0) is 0 Å². The van der Waals surface area contributed by atoms with Crippen molar-refractivity contribution < 1.29 is 17.6 Å². The highest BCUT2D eigenvalue weighted by molar-refractivity contribution is 5.65. The summed E-state index contributed by atoms with van der Waals surface area (Å²) in [6.45, 7) is 2.30. The number of hydrogen-bond acceptors (Lipinski definition) is 0. The largest absolute Gasteiger partial charge is 0.206 e. The highest BCUT2D eigenvalue weighted by Gasteiger charge is 2.31. The molecule has 0 saturated heterocycles. The third-order valence-electron chi connectivity index (χ3n) is 7.67. The van der Waals surface area contributed by atoms with E-state index >= 15 is 0 Å². The molecule has 0 aliphatic heterocycles. The van der Waals surface area contributed by atoms with Gasteiger partial charge in [0.15, 0.2) is 17.5 Å². The van der Waals surface area contributed by atoms with Crippen molar-refractivity contribution in [1.29, 1.82) is 0 Å². The van der Waals surface area contributed by atoms with Gasteiger partial charge in [-0.1, -0.05) is 38.3 Å². The second-order valence-corrected chi connectivity index (χ2v) is 9.29. The van der Waals surface area contributed by atoms with Gasteiger partial charge in [0.05, 0.1) is 0 Å². The normalized spacial score (nSPS) is 27.2. The predicted octanol–water partition coefficient (Wildman–Crippen LogP) is 8.40. The monoisotopic (exact) mass is 418 g/mol. The van der Waals surface area contributed by atoms with Gasteiger partial charge in [0.2, 0.25) is 0 Å². The lowest BCUT2D eigenvalue weighted by molar-refractivity contribution is 0.158. The summed E-state index contributed by atoms with van der Waals surface area (Å²) in [7, 11) is 0. The van der Waals surface area contributed by atoms with Gasteiger partial charge < -0.3 is 0 Å². The third-order valence-corrected chi connectivity index (χ3v) is 7.67. The van der Waals surface area contributed by atoms with E-state index in [0.29, 0.717) is 5.92 Å². The van der Waals surface area contributed by atoms with E-state index in [-0.39, 0.29) is 11.1 Å². The van der Waals surface area contributed by atoms with Gasteiger partial charge in [0.1, 0.15) is 5.82 Å². The van der Waals surface area contributed by atoms with Crippen LogP contribution in [0, 0.1) is 41.0 Å². The van der Waals surface area contributed by atoms with Gasteiger partial charge in [-0.05, 0) is 91.5 Å². The van der Waals surface area contributed by atoms with Gasteiger partial charge in [-0.15, -0.1) is 0 Å². The zero-order chi connectivity index (χ0) is 21.3. The summed E-state index contributed by atoms with van der Waals surface area (Å²) in [4.78, 5) is 0. The lowest BCUT2D eigenvalue weighted by Gasteiger charge is -2.38. The molecule has 0 radical (unpaired) electrons. The maximum atomic E-state index is 14.8. The molecule has 4 heteroatoms. The van der Waals surface area contributed by atoms with Crippen molar-refractivity contribution in [2.75, 3.05) is 0 Å². The quantitative estimate of drug-likeness (QED) is 0.345. The molecule has 2 aliphatic rings. The highest BCUT2D eigenvalue weighted by atomic mass is 19.2. The maximum Gasteiger partial charge on any atom is 0.194 e. The minimum absolute atomic E-state index is 0.0156. The molecule has 0 bridgehead atoms. The lowest BCUT2D eigenvalue weighted by atomic mass is 9.68. The summed E-state index contributed by atoms with van der Waals surface area (Å²) < 4.78 is 55.0. The van der Waals surface area contributed by atoms with Crippen molar-refractivity contribution in [2.24, 2.45) is 17.8 Å². The Labute approximate surface area is 176 Å². The minimum atomic E-state index is -1.53. The SMILES string of the molecule is CCC1CCC(C2CCC(c3ccc(-c4cc(F)c(F)c(F)c4)c(F)c3)CC2)CC1. The third kappa shape index (κ3) is 4.43. The fourth-order valence-electron chi connectivity index (χ4n) is 5.72. The maximum absolute atomic E-state index is 14.8. The Kier molecular flexibility index (Phi) is 6.50. The van der Waals surface area contributed by atoms with E-state index in [1.165, 1.54) is 51.0 Å². The first-order valence-electron chi connectivity index (χ1n) is 11.4. The van der Waals surface area contributed by atoms with Crippen LogP contribution in [0.25, 0.3) is 11.1 Å². The number of rotatable bonds is 4. The summed E-state index contributed by atoms with van der Waals surface area (Å²) in [5.41, 5.74) is 1.06. The standard InChI is InChI=1S/C26H30F4/c1-2-16-3-5-17(6-4-16)18-7-9-19(10-8-18)20-11-12-22(23(27)13-20)21-14-24(28)26(30)25(29)15-21/h11-19H,2-10H2,1H3. The first kappa shape index (κ1) is 21.4. The van der Waals surface area contributed by atoms with Crippen LogP contribution in [0.15, 0.2) is 30.3 Å². The van der Waals surface area contributed by atoms with E-state index in [1.54, 1.807) is 6.07 Å². The number of benzene rings is 2. The Bertz CT molecular complexity index is 852. The Balaban J connectivity index is 1.41. The summed E-state index contributed by atoms with van der Waals surface area (Å²) in [6, 6.07) is 6.60. The second kappa shape index (κ2) is 9.11. The average Bonchev–Trinajstić information content (AvgIpc) is 2.77. The van der Waals surface area contributed by atoms with E-state index in [9.17, 15) is 17.6 Å². The molecule has 162 valence electrons. The topological polar surface area (TPSA) is 0 Å². The van der Waals surface area contributed by atoms with E-state index in [2.05, 4.69) is 6.92 Å². The van der Waals surface area contributed by atoms with Crippen LogP contribution in [0.3, 0.4) is 0 Å². The van der Waals surface area contributed by atoms with Crippen LogP contribution in [0.1, 0.15) is 76.2 Å². The fourth-order valence-corrected chi connectivity index (χ4v) is 5.72. The smallest absolute Gasteiger partial charge is 0.194 e. The zero-order valence-corrected chi connectivity index (χ0v) is 17.6. The predicted molar refractivity (Wildman–Crippen MR) is 112 cm³/mol. The molecule has 2 saturated carbocycles. The molecule has 0 N–H and O–H groups in total. The van der Waals surface area contributed by atoms with E-state index in [4.69, 9.17) is 0 Å². The minimum Gasteiger partial charge on any atom is -0.206 e. The van der Waals surface area contributed by atoms with E-state index in [1.807, 2.05) is 6.07 Å². The molecular weight excluding hydrogens is 388 g/mol. The molecule has 2 aromatic carbocycles. The van der Waals surface area contributed by atoms with E-state index in [0.717, 1.165) is 48.3 Å². The number of halogens is 4. The van der Waals surface area contributed by atoms with E-state index < -0.39 is 23.3 Å². The summed E-state index contributed by atoms with van der Waals surface area (Å²) in [5.74, 6) is -1.75. The van der Waals surface area contributed by atoms with Crippen molar-refractivity contribution in [3.63, 3.8) is 0 Å². The van der Waals surface area contributed by atoms with Crippen LogP contribution >= 0.6 is 0 Å². The second-order valence-electron chi connectivity index (χ2n) is 9.29. The molecular formula is C26H30F4. The van der Waals surface area contributed by atoms with Crippen LogP contribution in [-0.4, -0.2) is 0 Å². The van der Waals surface area contributed by atoms with Crippen molar-refractivity contribution >= 4 is 0 Å². The molecule has 0 unspecified atom stereocenters. The molecule has 0 atom stereocenters. The van der Waals surface area contributed by atoms with Crippen molar-refractivity contribution in [3.05, 3.63) is 59.2 Å². The summed E-state index contributed by atoms with van der Waals surface area (Å²) in [5, 5.41) is 0. The Morgan fingerprint density at radius 2 is 1.27 bits per heavy atom. The average molecular weight is 419 g/mol. The zero-order valence-electron chi connectivity index (χ0n) is 17.6. The van der Waals surface area contributed by atoms with Gasteiger partial charge in [-0.25, -0.2) is 17.6 Å². The molecule has 2 aliphatic carbocycles. The molecule has 2 aromatic rings. The molecule has 30 heavy (non-hydrogen) atoms. The molecule has 4 rings (SSSR count). The molecule has 0 heterocycles. The molecule has 0 aromatic heterocycles. The Hall–Kier alpha value is -1.84. The fraction of sp³-hybridized carbons (Fsp3) is 0.538.